The molecule has 2 heterocycles. The Bertz CT molecular complexity index is 877. The lowest BCUT2D eigenvalue weighted by atomic mass is 10.1. The second kappa shape index (κ2) is 7.70. The standard InChI is InChI=1S/C19H21N5O/c1-3-20-19(25)24-17-11-10-16-18(23-17)22-15(12-21-16)9-8-14-6-4-13(2)5-7-14/h4-7,10-12H,3,8-9H2,1-2H3,(H2,20,22,23,24,25). The molecule has 2 aromatic heterocycles. The molecule has 0 radical (unpaired) electrons. The number of aromatic nitrogens is 3. The molecule has 0 aliphatic heterocycles. The minimum atomic E-state index is -0.280. The van der Waals surface area contributed by atoms with Crippen LogP contribution >= 0.6 is 0 Å². The minimum absolute atomic E-state index is 0.280. The number of rotatable bonds is 5. The average Bonchev–Trinajstić information content (AvgIpc) is 2.61. The monoisotopic (exact) mass is 335 g/mol. The van der Waals surface area contributed by atoms with E-state index in [0.29, 0.717) is 23.5 Å². The van der Waals surface area contributed by atoms with Gasteiger partial charge < -0.3 is 5.32 Å². The summed E-state index contributed by atoms with van der Waals surface area (Å²) in [5, 5.41) is 5.36. The number of urea groups is 1. The number of fused-ring (bicyclic) bond motifs is 1. The van der Waals surface area contributed by atoms with Crippen molar-refractivity contribution in [3.63, 3.8) is 0 Å². The van der Waals surface area contributed by atoms with Gasteiger partial charge in [-0.15, -0.1) is 0 Å². The smallest absolute Gasteiger partial charge is 0.320 e. The van der Waals surface area contributed by atoms with Crippen molar-refractivity contribution in [2.45, 2.75) is 26.7 Å². The highest BCUT2D eigenvalue weighted by atomic mass is 16.2. The van der Waals surface area contributed by atoms with E-state index in [0.717, 1.165) is 18.5 Å². The number of carbonyl (C=O) groups excluding carboxylic acids is 1. The summed E-state index contributed by atoms with van der Waals surface area (Å²) in [6.45, 7) is 4.50. The normalized spacial score (nSPS) is 10.6. The Morgan fingerprint density at radius 2 is 1.84 bits per heavy atom. The highest BCUT2D eigenvalue weighted by Crippen LogP contribution is 2.13. The summed E-state index contributed by atoms with van der Waals surface area (Å²) in [6, 6.07) is 11.7. The summed E-state index contributed by atoms with van der Waals surface area (Å²) in [5.41, 5.74) is 4.66. The van der Waals surface area contributed by atoms with Crippen molar-refractivity contribution >= 4 is 23.0 Å². The van der Waals surface area contributed by atoms with Gasteiger partial charge in [-0.1, -0.05) is 29.8 Å². The van der Waals surface area contributed by atoms with Crippen LogP contribution in [0.3, 0.4) is 0 Å². The maximum Gasteiger partial charge on any atom is 0.320 e. The average molecular weight is 335 g/mol. The van der Waals surface area contributed by atoms with E-state index in [4.69, 9.17) is 0 Å². The van der Waals surface area contributed by atoms with E-state index in [-0.39, 0.29) is 6.03 Å². The largest absolute Gasteiger partial charge is 0.338 e. The summed E-state index contributed by atoms with van der Waals surface area (Å²) in [5.74, 6) is 0.462. The third-order valence-electron chi connectivity index (χ3n) is 3.83. The van der Waals surface area contributed by atoms with Gasteiger partial charge in [0.25, 0.3) is 0 Å². The Morgan fingerprint density at radius 3 is 2.60 bits per heavy atom. The van der Waals surface area contributed by atoms with Crippen LogP contribution in [0.15, 0.2) is 42.6 Å². The molecule has 3 aromatic rings. The minimum Gasteiger partial charge on any atom is -0.338 e. The Kier molecular flexibility index (Phi) is 5.18. The topological polar surface area (TPSA) is 79.8 Å². The predicted octanol–water partition coefficient (Wildman–Crippen LogP) is 3.26. The number of nitrogens with zero attached hydrogens (tertiary/aromatic N) is 3. The first-order valence-corrected chi connectivity index (χ1v) is 8.37. The third-order valence-corrected chi connectivity index (χ3v) is 3.83. The van der Waals surface area contributed by atoms with Crippen LogP contribution in [-0.2, 0) is 12.8 Å². The van der Waals surface area contributed by atoms with Crippen LogP contribution in [0.25, 0.3) is 11.2 Å². The summed E-state index contributed by atoms with van der Waals surface area (Å²) in [7, 11) is 0. The van der Waals surface area contributed by atoms with Crippen LogP contribution in [0, 0.1) is 6.92 Å². The molecule has 0 unspecified atom stereocenters. The van der Waals surface area contributed by atoms with Crippen LogP contribution in [0.2, 0.25) is 0 Å². The number of nitrogens with one attached hydrogen (secondary N) is 2. The molecule has 0 aliphatic carbocycles. The number of pyridine rings is 1. The maximum atomic E-state index is 11.6. The lowest BCUT2D eigenvalue weighted by Crippen LogP contribution is -2.28. The van der Waals surface area contributed by atoms with Gasteiger partial charge in [0.1, 0.15) is 11.3 Å². The second-order valence-corrected chi connectivity index (χ2v) is 5.87. The zero-order valence-corrected chi connectivity index (χ0v) is 14.4. The maximum absolute atomic E-state index is 11.6. The molecule has 1 aromatic carbocycles. The summed E-state index contributed by atoms with van der Waals surface area (Å²) in [4.78, 5) is 25.0. The van der Waals surface area contributed by atoms with E-state index in [1.807, 2.05) is 6.92 Å². The number of amides is 2. The first-order valence-electron chi connectivity index (χ1n) is 8.37. The molecule has 2 N–H and O–H groups in total. The summed E-state index contributed by atoms with van der Waals surface area (Å²) in [6.07, 6.45) is 3.48. The first-order chi connectivity index (χ1) is 12.1. The zero-order chi connectivity index (χ0) is 17.6. The SMILES string of the molecule is CCNC(=O)Nc1ccc2ncc(CCc3ccc(C)cc3)nc2n1. The number of hydrogen-bond donors (Lipinski definition) is 2. The van der Waals surface area contributed by atoms with Gasteiger partial charge in [0.15, 0.2) is 5.65 Å². The van der Waals surface area contributed by atoms with Crippen LogP contribution < -0.4 is 10.6 Å². The number of anilines is 1. The van der Waals surface area contributed by atoms with Crippen LogP contribution in [0.4, 0.5) is 10.6 Å². The van der Waals surface area contributed by atoms with Gasteiger partial charge in [0.05, 0.1) is 5.69 Å². The molecule has 0 saturated carbocycles. The molecule has 2 amide bonds. The third kappa shape index (κ3) is 4.50. The molecule has 0 spiro atoms. The fourth-order valence-electron chi connectivity index (χ4n) is 2.47. The fraction of sp³-hybridized carbons (Fsp3) is 0.263. The Balaban J connectivity index is 1.73. The molecule has 0 bridgehead atoms. The van der Waals surface area contributed by atoms with Crippen molar-refractivity contribution in [2.24, 2.45) is 0 Å². The van der Waals surface area contributed by atoms with Gasteiger partial charge in [-0.05, 0) is 44.4 Å². The highest BCUT2D eigenvalue weighted by molar-refractivity contribution is 5.89. The van der Waals surface area contributed by atoms with Crippen molar-refractivity contribution in [3.05, 3.63) is 59.4 Å². The Labute approximate surface area is 146 Å². The predicted molar refractivity (Wildman–Crippen MR) is 98.6 cm³/mol. The number of aryl methyl sites for hydroxylation is 3. The Morgan fingerprint density at radius 1 is 1.04 bits per heavy atom. The van der Waals surface area contributed by atoms with Gasteiger partial charge in [0, 0.05) is 12.7 Å². The molecule has 128 valence electrons. The van der Waals surface area contributed by atoms with Gasteiger partial charge in [-0.2, -0.15) is 0 Å². The Hall–Kier alpha value is -3.02. The quantitative estimate of drug-likeness (QED) is 0.750. The van der Waals surface area contributed by atoms with Gasteiger partial charge in [-0.3, -0.25) is 10.3 Å². The van der Waals surface area contributed by atoms with Crippen LogP contribution in [0.1, 0.15) is 23.7 Å². The molecule has 0 saturated heterocycles. The molecule has 3 rings (SSSR count). The van der Waals surface area contributed by atoms with E-state index in [1.54, 1.807) is 18.3 Å². The van der Waals surface area contributed by atoms with E-state index < -0.39 is 0 Å². The van der Waals surface area contributed by atoms with Crippen molar-refractivity contribution in [1.82, 2.24) is 20.3 Å². The molecule has 0 fully saturated rings. The number of benzene rings is 1. The van der Waals surface area contributed by atoms with Crippen molar-refractivity contribution in [3.8, 4) is 0 Å². The summed E-state index contributed by atoms with van der Waals surface area (Å²) >= 11 is 0. The first kappa shape index (κ1) is 16.8. The number of hydrogen-bond acceptors (Lipinski definition) is 4. The van der Waals surface area contributed by atoms with Crippen molar-refractivity contribution in [1.29, 1.82) is 0 Å². The number of carbonyl (C=O) groups is 1. The van der Waals surface area contributed by atoms with E-state index in [2.05, 4.69) is 56.8 Å². The zero-order valence-electron chi connectivity index (χ0n) is 14.4. The van der Waals surface area contributed by atoms with E-state index in [9.17, 15) is 4.79 Å². The molecule has 6 heteroatoms. The molecule has 25 heavy (non-hydrogen) atoms. The summed E-state index contributed by atoms with van der Waals surface area (Å²) < 4.78 is 0. The molecule has 0 aliphatic rings. The molecular weight excluding hydrogens is 314 g/mol. The van der Waals surface area contributed by atoms with Crippen LogP contribution in [0.5, 0.6) is 0 Å². The van der Waals surface area contributed by atoms with Gasteiger partial charge in [0.2, 0.25) is 0 Å². The van der Waals surface area contributed by atoms with E-state index in [1.165, 1.54) is 11.1 Å². The molecular formula is C19H21N5O. The van der Waals surface area contributed by atoms with Gasteiger partial charge in [-0.25, -0.2) is 14.8 Å². The molecule has 0 atom stereocenters. The lowest BCUT2D eigenvalue weighted by Gasteiger charge is -2.06. The fourth-order valence-corrected chi connectivity index (χ4v) is 2.47. The van der Waals surface area contributed by atoms with E-state index >= 15 is 0 Å². The molecule has 6 nitrogen and oxygen atoms in total. The second-order valence-electron chi connectivity index (χ2n) is 5.87. The highest BCUT2D eigenvalue weighted by Gasteiger charge is 2.06. The van der Waals surface area contributed by atoms with Gasteiger partial charge >= 0.3 is 6.03 Å². The van der Waals surface area contributed by atoms with Crippen molar-refractivity contribution < 1.29 is 4.79 Å². The van der Waals surface area contributed by atoms with Crippen LogP contribution in [-0.4, -0.2) is 27.5 Å². The van der Waals surface area contributed by atoms with Crippen molar-refractivity contribution in [2.75, 3.05) is 11.9 Å². The lowest BCUT2D eigenvalue weighted by molar-refractivity contribution is 0.252.